The van der Waals surface area contributed by atoms with Crippen LogP contribution >= 0.6 is 11.3 Å². The smallest absolute Gasteiger partial charge is 0.134 e. The van der Waals surface area contributed by atoms with Crippen LogP contribution in [0.5, 0.6) is 11.5 Å². The van der Waals surface area contributed by atoms with Crippen LogP contribution in [0, 0.1) is 0 Å². The van der Waals surface area contributed by atoms with Crippen molar-refractivity contribution in [3.63, 3.8) is 0 Å². The van der Waals surface area contributed by atoms with E-state index in [4.69, 9.17) is 4.74 Å². The van der Waals surface area contributed by atoms with Crippen molar-refractivity contribution in [1.82, 2.24) is 0 Å². The molecule has 0 saturated carbocycles. The Bertz CT molecular complexity index is 3130. The topological polar surface area (TPSA) is 15.7 Å². The van der Waals surface area contributed by atoms with E-state index in [2.05, 4.69) is 228 Å². The molecule has 2 heterocycles. The molecule has 4 heteroatoms. The van der Waals surface area contributed by atoms with Gasteiger partial charge in [-0.2, -0.15) is 0 Å². The summed E-state index contributed by atoms with van der Waals surface area (Å²) in [6, 6.07) is 78.8. The maximum atomic E-state index is 6.97. The molecule has 0 saturated heterocycles. The number of nitrogens with zero attached hydrogens (tertiary/aromatic N) is 2. The summed E-state index contributed by atoms with van der Waals surface area (Å²) in [6.07, 6.45) is 0. The number of fused-ring (bicyclic) bond motifs is 12. The maximum Gasteiger partial charge on any atom is 0.134 e. The van der Waals surface area contributed by atoms with Crippen LogP contribution in [-0.4, -0.2) is 0 Å². The van der Waals surface area contributed by atoms with Gasteiger partial charge in [0.1, 0.15) is 11.5 Å². The summed E-state index contributed by atoms with van der Waals surface area (Å²) < 4.78 is 9.47. The van der Waals surface area contributed by atoms with Gasteiger partial charge in [-0.15, -0.1) is 11.3 Å². The summed E-state index contributed by atoms with van der Waals surface area (Å²) in [5, 5.41) is 2.46. The van der Waals surface area contributed by atoms with E-state index >= 15 is 0 Å². The molecule has 1 aliphatic heterocycles. The van der Waals surface area contributed by atoms with E-state index in [1.807, 2.05) is 11.3 Å². The first-order valence-electron chi connectivity index (χ1n) is 20.1. The number of thiophene rings is 1. The molecule has 1 aromatic heterocycles. The fourth-order valence-electron chi connectivity index (χ4n) is 9.72. The minimum atomic E-state index is -0.512. The molecule has 0 amide bonds. The Labute approximate surface area is 347 Å². The summed E-state index contributed by atoms with van der Waals surface area (Å²) in [5.41, 5.74) is 13.5. The molecule has 59 heavy (non-hydrogen) atoms. The number of anilines is 6. The lowest BCUT2D eigenvalue weighted by atomic mass is 9.66. The van der Waals surface area contributed by atoms with Crippen molar-refractivity contribution in [2.24, 2.45) is 0 Å². The van der Waals surface area contributed by atoms with Crippen molar-refractivity contribution < 1.29 is 4.74 Å². The third-order valence-corrected chi connectivity index (χ3v) is 13.2. The largest absolute Gasteiger partial charge is 0.457 e. The molecule has 0 atom stereocenters. The molecule has 12 rings (SSSR count). The number of para-hydroxylation sites is 4. The van der Waals surface area contributed by atoms with Crippen LogP contribution in [0.3, 0.4) is 0 Å². The Morgan fingerprint density at radius 1 is 0.356 bits per heavy atom. The van der Waals surface area contributed by atoms with Gasteiger partial charge in [-0.1, -0.05) is 133 Å². The van der Waals surface area contributed by atoms with E-state index in [-0.39, 0.29) is 0 Å². The predicted molar refractivity (Wildman–Crippen MR) is 246 cm³/mol. The van der Waals surface area contributed by atoms with Gasteiger partial charge in [0.2, 0.25) is 0 Å². The average molecular weight is 773 g/mol. The molecule has 0 unspecified atom stereocenters. The summed E-state index contributed by atoms with van der Waals surface area (Å²) in [4.78, 5) is 4.75. The number of ether oxygens (including phenoxy) is 1. The van der Waals surface area contributed by atoms with Crippen LogP contribution in [-0.2, 0) is 5.41 Å². The molecular weight excluding hydrogens is 737 g/mol. The van der Waals surface area contributed by atoms with Crippen molar-refractivity contribution >= 4 is 65.6 Å². The van der Waals surface area contributed by atoms with E-state index in [0.29, 0.717) is 0 Å². The SMILES string of the molecule is c1ccc(N(c2ccc3c(c2)Oc2ccccc2C32c3ccccc3-c3ccccc32)c2ccc3sc4cccc(N(c5ccccc5)c5ccccc5)c4c3c2)cc1. The van der Waals surface area contributed by atoms with Crippen molar-refractivity contribution in [3.05, 3.63) is 241 Å². The Morgan fingerprint density at radius 2 is 0.881 bits per heavy atom. The van der Waals surface area contributed by atoms with Crippen LogP contribution < -0.4 is 14.5 Å². The minimum absolute atomic E-state index is 0.512. The maximum absolute atomic E-state index is 6.97. The van der Waals surface area contributed by atoms with Gasteiger partial charge in [0, 0.05) is 65.8 Å². The zero-order valence-corrected chi connectivity index (χ0v) is 32.8. The van der Waals surface area contributed by atoms with E-state index in [1.54, 1.807) is 0 Å². The molecule has 0 bridgehead atoms. The van der Waals surface area contributed by atoms with Gasteiger partial charge in [-0.25, -0.2) is 0 Å². The molecule has 10 aromatic rings. The number of benzene rings is 9. The minimum Gasteiger partial charge on any atom is -0.457 e. The van der Waals surface area contributed by atoms with Gasteiger partial charge in [-0.3, -0.25) is 0 Å². The second-order valence-corrected chi connectivity index (χ2v) is 16.3. The Kier molecular flexibility index (Phi) is 7.62. The summed E-state index contributed by atoms with van der Waals surface area (Å²) in [5.74, 6) is 1.74. The zero-order chi connectivity index (χ0) is 38.9. The quantitative estimate of drug-likeness (QED) is 0.167. The first-order chi connectivity index (χ1) is 29.3. The predicted octanol–water partition coefficient (Wildman–Crippen LogP) is 15.5. The van der Waals surface area contributed by atoms with Crippen molar-refractivity contribution in [3.8, 4) is 22.6 Å². The van der Waals surface area contributed by atoms with E-state index in [1.165, 1.54) is 48.0 Å². The molecule has 278 valence electrons. The van der Waals surface area contributed by atoms with Gasteiger partial charge in [0.15, 0.2) is 0 Å². The highest BCUT2D eigenvalue weighted by molar-refractivity contribution is 7.26. The van der Waals surface area contributed by atoms with Crippen LogP contribution in [0.4, 0.5) is 34.1 Å². The van der Waals surface area contributed by atoms with Gasteiger partial charge in [0.25, 0.3) is 0 Å². The fourth-order valence-corrected chi connectivity index (χ4v) is 10.8. The Balaban J connectivity index is 1.07. The lowest BCUT2D eigenvalue weighted by Gasteiger charge is -2.40. The highest BCUT2D eigenvalue weighted by Crippen LogP contribution is 2.62. The number of hydrogen-bond acceptors (Lipinski definition) is 4. The standard InChI is InChI=1S/C55H36N2OS/c1-4-17-37(18-5-1)56(40-32-34-52-44(35-40)54-49(28-16-30-53(54)59-52)57(38-19-6-2-7-20-38)39-21-8-3-9-22-39)41-31-33-48-51(36-41)58-50-29-15-14-27-47(50)55(48)45-25-12-10-23-42(45)43-24-11-13-26-46(43)55/h1-36H. The highest BCUT2D eigenvalue weighted by Gasteiger charge is 2.51. The first-order valence-corrected chi connectivity index (χ1v) is 20.9. The van der Waals surface area contributed by atoms with E-state index in [9.17, 15) is 0 Å². The zero-order valence-electron chi connectivity index (χ0n) is 32.0. The fraction of sp³-hybridized carbons (Fsp3) is 0.0182. The van der Waals surface area contributed by atoms with Gasteiger partial charge < -0.3 is 14.5 Å². The molecule has 0 fully saturated rings. The second-order valence-electron chi connectivity index (χ2n) is 15.2. The van der Waals surface area contributed by atoms with Gasteiger partial charge in [0.05, 0.1) is 11.1 Å². The van der Waals surface area contributed by atoms with Crippen molar-refractivity contribution in [2.75, 3.05) is 9.80 Å². The Hall–Kier alpha value is -7.40. The Morgan fingerprint density at radius 3 is 1.54 bits per heavy atom. The number of rotatable bonds is 6. The number of hydrogen-bond donors (Lipinski definition) is 0. The molecule has 9 aromatic carbocycles. The first kappa shape index (κ1) is 33.7. The highest BCUT2D eigenvalue weighted by atomic mass is 32.1. The third-order valence-electron chi connectivity index (χ3n) is 12.1. The lowest BCUT2D eigenvalue weighted by molar-refractivity contribution is 0.436. The van der Waals surface area contributed by atoms with Crippen molar-refractivity contribution in [2.45, 2.75) is 5.41 Å². The second kappa shape index (κ2) is 13.3. The molecule has 2 aliphatic rings. The van der Waals surface area contributed by atoms with Crippen LogP contribution in [0.2, 0.25) is 0 Å². The van der Waals surface area contributed by atoms with Crippen LogP contribution in [0.1, 0.15) is 22.3 Å². The normalized spacial score (nSPS) is 13.0. The third kappa shape index (κ3) is 5.07. The summed E-state index contributed by atoms with van der Waals surface area (Å²) >= 11 is 1.84. The molecule has 1 aliphatic carbocycles. The molecule has 1 spiro atoms. The van der Waals surface area contributed by atoms with Gasteiger partial charge in [-0.05, 0) is 101 Å². The van der Waals surface area contributed by atoms with Crippen LogP contribution in [0.15, 0.2) is 218 Å². The average Bonchev–Trinajstić information content (AvgIpc) is 3.82. The van der Waals surface area contributed by atoms with Gasteiger partial charge >= 0.3 is 0 Å². The molecule has 0 radical (unpaired) electrons. The summed E-state index contributed by atoms with van der Waals surface area (Å²) in [6.45, 7) is 0. The van der Waals surface area contributed by atoms with Crippen molar-refractivity contribution in [1.29, 1.82) is 0 Å². The lowest BCUT2D eigenvalue weighted by Crippen LogP contribution is -2.32. The molecule has 0 N–H and O–H groups in total. The van der Waals surface area contributed by atoms with Crippen LogP contribution in [0.25, 0.3) is 31.3 Å². The monoisotopic (exact) mass is 772 g/mol. The van der Waals surface area contributed by atoms with E-state index in [0.717, 1.165) is 51.2 Å². The molecule has 3 nitrogen and oxygen atoms in total. The molecular formula is C55H36N2OS. The van der Waals surface area contributed by atoms with E-state index < -0.39 is 5.41 Å². The summed E-state index contributed by atoms with van der Waals surface area (Å²) in [7, 11) is 0.